The van der Waals surface area contributed by atoms with Gasteiger partial charge in [0.1, 0.15) is 17.9 Å². The molecule has 0 bridgehead atoms. The molecule has 0 aliphatic rings. The molecule has 0 saturated carbocycles. The number of imidazole rings is 1. The van der Waals surface area contributed by atoms with E-state index in [1.807, 2.05) is 23.8 Å². The van der Waals surface area contributed by atoms with Crippen molar-refractivity contribution in [3.05, 3.63) is 23.7 Å². The fraction of sp³-hybridized carbons (Fsp3) is 0.462. The zero-order valence-electron chi connectivity index (χ0n) is 10.7. The highest BCUT2D eigenvalue weighted by atomic mass is 16.5. The standard InChI is InChI=1S/C13H16N4O/c1-10-7-11-13(15-8-10)17(6-4-3-5-14)12(16-11)9-18-2/h7-8H,3-4,6,9H2,1-2H3. The molecule has 0 radical (unpaired) electrons. The van der Waals surface area contributed by atoms with Gasteiger partial charge in [0.2, 0.25) is 0 Å². The van der Waals surface area contributed by atoms with Gasteiger partial charge in [0, 0.05) is 26.3 Å². The van der Waals surface area contributed by atoms with Gasteiger partial charge in [-0.1, -0.05) is 0 Å². The van der Waals surface area contributed by atoms with Crippen molar-refractivity contribution in [1.29, 1.82) is 5.26 Å². The summed E-state index contributed by atoms with van der Waals surface area (Å²) in [5.74, 6) is 0.864. The van der Waals surface area contributed by atoms with Crippen LogP contribution in [0.15, 0.2) is 12.3 Å². The summed E-state index contributed by atoms with van der Waals surface area (Å²) in [6.45, 7) is 3.21. The Kier molecular flexibility index (Phi) is 3.90. The third-order valence-corrected chi connectivity index (χ3v) is 2.74. The summed E-state index contributed by atoms with van der Waals surface area (Å²) in [5, 5.41) is 8.60. The Morgan fingerprint density at radius 2 is 2.33 bits per heavy atom. The Hall–Kier alpha value is -1.93. The predicted molar refractivity (Wildman–Crippen MR) is 67.8 cm³/mol. The van der Waals surface area contributed by atoms with E-state index in [9.17, 15) is 0 Å². The Bertz CT molecular complexity index is 582. The number of unbranched alkanes of at least 4 members (excludes halogenated alkanes) is 1. The van der Waals surface area contributed by atoms with Gasteiger partial charge in [0.05, 0.1) is 6.07 Å². The summed E-state index contributed by atoms with van der Waals surface area (Å²) in [4.78, 5) is 8.96. The molecule has 18 heavy (non-hydrogen) atoms. The molecule has 0 aliphatic carbocycles. The molecule has 5 heteroatoms. The molecule has 0 aromatic carbocycles. The number of rotatable bonds is 5. The normalized spacial score (nSPS) is 10.7. The molecule has 2 rings (SSSR count). The molecule has 2 heterocycles. The van der Waals surface area contributed by atoms with Gasteiger partial charge in [-0.25, -0.2) is 9.97 Å². The Labute approximate surface area is 106 Å². The van der Waals surface area contributed by atoms with Crippen LogP contribution in [0.5, 0.6) is 0 Å². The van der Waals surface area contributed by atoms with E-state index in [1.54, 1.807) is 7.11 Å². The predicted octanol–water partition coefficient (Wildman–Crippen LogP) is 2.19. The first kappa shape index (κ1) is 12.5. The Balaban J connectivity index is 2.39. The van der Waals surface area contributed by atoms with Crippen LogP contribution in [0.4, 0.5) is 0 Å². The van der Waals surface area contributed by atoms with E-state index in [4.69, 9.17) is 10.00 Å². The van der Waals surface area contributed by atoms with Gasteiger partial charge in [-0.05, 0) is 25.0 Å². The first-order valence-electron chi connectivity index (χ1n) is 5.94. The van der Waals surface area contributed by atoms with E-state index in [-0.39, 0.29) is 0 Å². The number of nitriles is 1. The number of nitrogens with zero attached hydrogens (tertiary/aromatic N) is 4. The maximum absolute atomic E-state index is 8.60. The minimum atomic E-state index is 0.460. The lowest BCUT2D eigenvalue weighted by atomic mass is 10.3. The summed E-state index contributed by atoms with van der Waals surface area (Å²) in [6.07, 6.45) is 3.17. The molecule has 5 nitrogen and oxygen atoms in total. The third kappa shape index (κ3) is 2.49. The molecule has 94 valence electrons. The summed E-state index contributed by atoms with van der Waals surface area (Å²) in [7, 11) is 1.65. The maximum atomic E-state index is 8.60. The van der Waals surface area contributed by atoms with Crippen molar-refractivity contribution in [1.82, 2.24) is 14.5 Å². The van der Waals surface area contributed by atoms with Crippen LogP contribution in [0.25, 0.3) is 11.2 Å². The van der Waals surface area contributed by atoms with E-state index in [2.05, 4.69) is 16.0 Å². The molecule has 0 N–H and O–H groups in total. The number of ether oxygens (including phenoxy) is 1. The second kappa shape index (κ2) is 5.61. The number of methoxy groups -OCH3 is 1. The Morgan fingerprint density at radius 1 is 1.50 bits per heavy atom. The Morgan fingerprint density at radius 3 is 3.06 bits per heavy atom. The first-order chi connectivity index (χ1) is 8.76. The van der Waals surface area contributed by atoms with Gasteiger partial charge in [-0.2, -0.15) is 5.26 Å². The van der Waals surface area contributed by atoms with Crippen LogP contribution in [0, 0.1) is 18.3 Å². The number of hydrogen-bond donors (Lipinski definition) is 0. The highest BCUT2D eigenvalue weighted by Gasteiger charge is 2.11. The van der Waals surface area contributed by atoms with E-state index >= 15 is 0 Å². The first-order valence-corrected chi connectivity index (χ1v) is 5.94. The monoisotopic (exact) mass is 244 g/mol. The van der Waals surface area contributed by atoms with Crippen LogP contribution in [-0.2, 0) is 17.9 Å². The second-order valence-electron chi connectivity index (χ2n) is 4.23. The fourth-order valence-electron chi connectivity index (χ4n) is 1.95. The SMILES string of the molecule is COCc1nc2cc(C)cnc2n1CCCC#N. The number of hydrogen-bond acceptors (Lipinski definition) is 4. The lowest BCUT2D eigenvalue weighted by Crippen LogP contribution is -2.05. The quantitative estimate of drug-likeness (QED) is 0.756. The van der Waals surface area contributed by atoms with Crippen LogP contribution in [0.2, 0.25) is 0 Å². The zero-order valence-corrected chi connectivity index (χ0v) is 10.7. The van der Waals surface area contributed by atoms with Crippen molar-refractivity contribution in [2.24, 2.45) is 0 Å². The number of aromatic nitrogens is 3. The fourth-order valence-corrected chi connectivity index (χ4v) is 1.95. The lowest BCUT2D eigenvalue weighted by Gasteiger charge is -2.06. The molecular weight excluding hydrogens is 228 g/mol. The zero-order chi connectivity index (χ0) is 13.0. The van der Waals surface area contributed by atoms with Gasteiger partial charge in [0.15, 0.2) is 5.65 Å². The van der Waals surface area contributed by atoms with Crippen LogP contribution in [-0.4, -0.2) is 21.6 Å². The van der Waals surface area contributed by atoms with E-state index in [0.29, 0.717) is 13.0 Å². The summed E-state index contributed by atoms with van der Waals surface area (Å²) >= 11 is 0. The minimum Gasteiger partial charge on any atom is -0.377 e. The van der Waals surface area contributed by atoms with E-state index in [1.165, 1.54) is 0 Å². The third-order valence-electron chi connectivity index (χ3n) is 2.74. The van der Waals surface area contributed by atoms with Crippen LogP contribution >= 0.6 is 0 Å². The number of fused-ring (bicyclic) bond motifs is 1. The lowest BCUT2D eigenvalue weighted by molar-refractivity contribution is 0.174. The van der Waals surface area contributed by atoms with Crippen molar-refractivity contribution in [3.63, 3.8) is 0 Å². The van der Waals surface area contributed by atoms with Crippen molar-refractivity contribution < 1.29 is 4.74 Å². The molecule has 0 atom stereocenters. The molecule has 2 aromatic heterocycles. The van der Waals surface area contributed by atoms with Crippen molar-refractivity contribution in [2.75, 3.05) is 7.11 Å². The molecule has 2 aromatic rings. The van der Waals surface area contributed by atoms with Crippen molar-refractivity contribution >= 4 is 11.2 Å². The molecule has 0 saturated heterocycles. The molecule has 0 fully saturated rings. The smallest absolute Gasteiger partial charge is 0.160 e. The highest BCUT2D eigenvalue weighted by Crippen LogP contribution is 2.16. The topological polar surface area (TPSA) is 63.7 Å². The summed E-state index contributed by atoms with van der Waals surface area (Å²) in [5.41, 5.74) is 2.85. The average Bonchev–Trinajstić information content (AvgIpc) is 2.67. The summed E-state index contributed by atoms with van der Waals surface area (Å²) in [6, 6.07) is 4.17. The van der Waals surface area contributed by atoms with Crippen molar-refractivity contribution in [3.8, 4) is 6.07 Å². The minimum absolute atomic E-state index is 0.460. The number of pyridine rings is 1. The van der Waals surface area contributed by atoms with E-state index < -0.39 is 0 Å². The molecule has 0 aliphatic heterocycles. The largest absolute Gasteiger partial charge is 0.377 e. The second-order valence-corrected chi connectivity index (χ2v) is 4.23. The molecule has 0 unspecified atom stereocenters. The van der Waals surface area contributed by atoms with Crippen LogP contribution in [0.3, 0.4) is 0 Å². The van der Waals surface area contributed by atoms with Gasteiger partial charge in [-0.3, -0.25) is 0 Å². The molecule has 0 amide bonds. The maximum Gasteiger partial charge on any atom is 0.160 e. The van der Waals surface area contributed by atoms with E-state index in [0.717, 1.165) is 35.5 Å². The van der Waals surface area contributed by atoms with Crippen molar-refractivity contribution in [2.45, 2.75) is 32.9 Å². The van der Waals surface area contributed by atoms with Gasteiger partial charge in [0.25, 0.3) is 0 Å². The van der Waals surface area contributed by atoms with Gasteiger partial charge in [-0.15, -0.1) is 0 Å². The van der Waals surface area contributed by atoms with Crippen LogP contribution in [0.1, 0.15) is 24.2 Å². The molecular formula is C13H16N4O. The molecule has 0 spiro atoms. The van der Waals surface area contributed by atoms with Gasteiger partial charge < -0.3 is 9.30 Å². The van der Waals surface area contributed by atoms with Crippen LogP contribution < -0.4 is 0 Å². The average molecular weight is 244 g/mol. The number of aryl methyl sites for hydroxylation is 2. The highest BCUT2D eigenvalue weighted by molar-refractivity contribution is 5.72. The summed E-state index contributed by atoms with van der Waals surface area (Å²) < 4.78 is 7.20. The van der Waals surface area contributed by atoms with Gasteiger partial charge >= 0.3 is 0 Å².